The average Bonchev–Trinajstić information content (AvgIpc) is 2.89. The maximum Gasteiger partial charge on any atom is 0.416 e. The summed E-state index contributed by atoms with van der Waals surface area (Å²) in [6.45, 7) is 1.90. The van der Waals surface area contributed by atoms with Crippen LogP contribution in [0.25, 0.3) is 11.0 Å². The highest BCUT2D eigenvalue weighted by atomic mass is 19.4. The van der Waals surface area contributed by atoms with Gasteiger partial charge in [-0.1, -0.05) is 22.9 Å². The lowest BCUT2D eigenvalue weighted by atomic mass is 10.1. The number of amides is 1. The molecule has 0 fully saturated rings. The third-order valence-electron chi connectivity index (χ3n) is 3.50. The topological polar surface area (TPSA) is 55.1 Å². The minimum absolute atomic E-state index is 0.0822. The number of nitrogens with one attached hydrogen (secondary N) is 1. The minimum Gasteiger partial charge on any atom is -0.356 e. The second-order valence-electron chi connectivity index (χ2n) is 5.43. The first-order chi connectivity index (χ1) is 11.3. The van der Waals surface area contributed by atoms with Gasteiger partial charge in [-0.25, -0.2) is 0 Å². The Morgan fingerprint density at radius 3 is 2.75 bits per heavy atom. The van der Waals surface area contributed by atoms with Crippen molar-refractivity contribution in [3.05, 3.63) is 59.3 Å². The first-order valence-electron chi connectivity index (χ1n) is 7.15. The molecular weight excluding hydrogens is 321 g/mol. The number of alkyl halides is 3. The summed E-state index contributed by atoms with van der Waals surface area (Å²) >= 11 is 0. The molecule has 0 unspecified atom stereocenters. The van der Waals surface area contributed by atoms with Gasteiger partial charge in [0.2, 0.25) is 5.91 Å². The van der Waals surface area contributed by atoms with Crippen LogP contribution < -0.4 is 5.32 Å². The summed E-state index contributed by atoms with van der Waals surface area (Å²) in [6.07, 6.45) is -4.55. The van der Waals surface area contributed by atoms with Crippen LogP contribution >= 0.6 is 0 Å². The quantitative estimate of drug-likeness (QED) is 0.775. The third kappa shape index (κ3) is 3.40. The molecule has 1 aromatic heterocycles. The largest absolute Gasteiger partial charge is 0.416 e. The number of hydrogen-bond donors (Lipinski definition) is 1. The van der Waals surface area contributed by atoms with Crippen molar-refractivity contribution in [2.45, 2.75) is 19.5 Å². The van der Waals surface area contributed by atoms with Crippen molar-refractivity contribution in [3.8, 4) is 0 Å². The summed E-state index contributed by atoms with van der Waals surface area (Å²) in [5.74, 6) is -0.467. The monoisotopic (exact) mass is 334 g/mol. The van der Waals surface area contributed by atoms with E-state index in [1.54, 1.807) is 6.07 Å². The van der Waals surface area contributed by atoms with Crippen LogP contribution in [0, 0.1) is 6.92 Å². The lowest BCUT2D eigenvalue weighted by Gasteiger charge is -2.09. The van der Waals surface area contributed by atoms with Crippen molar-refractivity contribution in [2.24, 2.45) is 0 Å². The Morgan fingerprint density at radius 1 is 1.21 bits per heavy atom. The number of carbonyl (C=O) groups is 1. The summed E-state index contributed by atoms with van der Waals surface area (Å²) in [6, 6.07) is 9.95. The van der Waals surface area contributed by atoms with E-state index in [0.717, 1.165) is 17.7 Å². The van der Waals surface area contributed by atoms with Gasteiger partial charge < -0.3 is 9.84 Å². The van der Waals surface area contributed by atoms with Gasteiger partial charge in [-0.3, -0.25) is 4.79 Å². The number of nitrogens with zero attached hydrogens (tertiary/aromatic N) is 1. The number of rotatable bonds is 3. The molecule has 0 radical (unpaired) electrons. The molecule has 0 spiro atoms. The van der Waals surface area contributed by atoms with Crippen LogP contribution in [0.15, 0.2) is 47.0 Å². The summed E-state index contributed by atoms with van der Waals surface area (Å²) in [5.41, 5.74) is 1.26. The van der Waals surface area contributed by atoms with E-state index >= 15 is 0 Å². The molecule has 7 heteroatoms. The van der Waals surface area contributed by atoms with E-state index in [1.807, 2.05) is 19.1 Å². The average molecular weight is 334 g/mol. The standard InChI is InChI=1S/C17H13F3N2O2/c1-10-5-6-15-13(7-10)14(22-24-15)9-16(23)21-12-4-2-3-11(8-12)17(18,19)20/h2-8H,9H2,1H3,(H,21,23). The number of fused-ring (bicyclic) bond motifs is 1. The Bertz CT molecular complexity index is 900. The lowest BCUT2D eigenvalue weighted by molar-refractivity contribution is -0.137. The van der Waals surface area contributed by atoms with Crippen LogP contribution in [-0.2, 0) is 17.4 Å². The SMILES string of the molecule is Cc1ccc2onc(CC(=O)Nc3cccc(C(F)(F)F)c3)c2c1. The van der Waals surface area contributed by atoms with Crippen molar-refractivity contribution in [3.63, 3.8) is 0 Å². The molecule has 3 aromatic rings. The maximum absolute atomic E-state index is 12.7. The van der Waals surface area contributed by atoms with E-state index in [0.29, 0.717) is 16.7 Å². The van der Waals surface area contributed by atoms with Crippen LogP contribution in [0.4, 0.5) is 18.9 Å². The number of aryl methyl sites for hydroxylation is 1. The van der Waals surface area contributed by atoms with E-state index < -0.39 is 17.6 Å². The van der Waals surface area contributed by atoms with Gasteiger partial charge in [0.15, 0.2) is 5.58 Å². The zero-order valence-corrected chi connectivity index (χ0v) is 12.6. The number of aromatic nitrogens is 1. The number of halogens is 3. The second kappa shape index (κ2) is 5.99. The number of carbonyl (C=O) groups excluding carboxylic acids is 1. The lowest BCUT2D eigenvalue weighted by Crippen LogP contribution is -2.15. The Balaban J connectivity index is 1.77. The van der Waals surface area contributed by atoms with E-state index in [2.05, 4.69) is 10.5 Å². The summed E-state index contributed by atoms with van der Waals surface area (Å²) in [7, 11) is 0. The molecule has 1 amide bonds. The number of anilines is 1. The normalized spacial score (nSPS) is 11.7. The van der Waals surface area contributed by atoms with E-state index in [-0.39, 0.29) is 12.1 Å². The molecule has 0 aliphatic rings. The van der Waals surface area contributed by atoms with Crippen LogP contribution in [-0.4, -0.2) is 11.1 Å². The van der Waals surface area contributed by atoms with E-state index in [4.69, 9.17) is 4.52 Å². The molecule has 0 saturated carbocycles. The molecule has 1 N–H and O–H groups in total. The molecular formula is C17H13F3N2O2. The van der Waals surface area contributed by atoms with Gasteiger partial charge in [0.1, 0.15) is 5.69 Å². The molecule has 24 heavy (non-hydrogen) atoms. The Morgan fingerprint density at radius 2 is 2.00 bits per heavy atom. The fourth-order valence-electron chi connectivity index (χ4n) is 2.36. The minimum atomic E-state index is -4.46. The van der Waals surface area contributed by atoms with E-state index in [9.17, 15) is 18.0 Å². The molecule has 2 aromatic carbocycles. The molecule has 4 nitrogen and oxygen atoms in total. The highest BCUT2D eigenvalue weighted by molar-refractivity contribution is 5.94. The smallest absolute Gasteiger partial charge is 0.356 e. The van der Waals surface area contributed by atoms with Crippen molar-refractivity contribution in [1.82, 2.24) is 5.16 Å². The first-order valence-corrected chi connectivity index (χ1v) is 7.15. The van der Waals surface area contributed by atoms with Crippen molar-refractivity contribution >= 4 is 22.6 Å². The highest BCUT2D eigenvalue weighted by Crippen LogP contribution is 2.30. The van der Waals surface area contributed by atoms with Gasteiger partial charge in [0.05, 0.1) is 12.0 Å². The van der Waals surface area contributed by atoms with Gasteiger partial charge in [-0.15, -0.1) is 0 Å². The predicted octanol–water partition coefficient (Wildman–Crippen LogP) is 4.34. The molecule has 0 aliphatic carbocycles. The van der Waals surface area contributed by atoms with Gasteiger partial charge in [-0.2, -0.15) is 13.2 Å². The molecule has 1 heterocycles. The fraction of sp³-hybridized carbons (Fsp3) is 0.176. The first kappa shape index (κ1) is 16.0. The Labute approximate surface area is 135 Å². The van der Waals surface area contributed by atoms with Gasteiger partial charge in [-0.05, 0) is 37.3 Å². The molecule has 0 bridgehead atoms. The summed E-state index contributed by atoms with van der Waals surface area (Å²) < 4.78 is 43.2. The Hall–Kier alpha value is -2.83. The Kier molecular flexibility index (Phi) is 4.01. The second-order valence-corrected chi connectivity index (χ2v) is 5.43. The fourth-order valence-corrected chi connectivity index (χ4v) is 2.36. The zero-order chi connectivity index (χ0) is 17.3. The molecule has 0 saturated heterocycles. The number of hydrogen-bond acceptors (Lipinski definition) is 3. The van der Waals surface area contributed by atoms with Crippen molar-refractivity contribution in [1.29, 1.82) is 0 Å². The van der Waals surface area contributed by atoms with Crippen LogP contribution in [0.5, 0.6) is 0 Å². The van der Waals surface area contributed by atoms with Gasteiger partial charge in [0.25, 0.3) is 0 Å². The van der Waals surface area contributed by atoms with Crippen LogP contribution in [0.2, 0.25) is 0 Å². The summed E-state index contributed by atoms with van der Waals surface area (Å²) in [4.78, 5) is 12.1. The molecule has 0 aliphatic heterocycles. The van der Waals surface area contributed by atoms with Crippen molar-refractivity contribution < 1.29 is 22.5 Å². The molecule has 0 atom stereocenters. The molecule has 124 valence electrons. The van der Waals surface area contributed by atoms with Gasteiger partial charge >= 0.3 is 6.18 Å². The van der Waals surface area contributed by atoms with Crippen LogP contribution in [0.1, 0.15) is 16.8 Å². The van der Waals surface area contributed by atoms with Crippen molar-refractivity contribution in [2.75, 3.05) is 5.32 Å². The maximum atomic E-state index is 12.7. The molecule has 3 rings (SSSR count). The zero-order valence-electron chi connectivity index (χ0n) is 12.6. The highest BCUT2D eigenvalue weighted by Gasteiger charge is 2.30. The van der Waals surface area contributed by atoms with Crippen LogP contribution in [0.3, 0.4) is 0 Å². The number of benzene rings is 2. The van der Waals surface area contributed by atoms with E-state index in [1.165, 1.54) is 12.1 Å². The van der Waals surface area contributed by atoms with Gasteiger partial charge in [0, 0.05) is 11.1 Å². The predicted molar refractivity (Wildman–Crippen MR) is 82.5 cm³/mol. The third-order valence-corrected chi connectivity index (χ3v) is 3.50. The summed E-state index contributed by atoms with van der Waals surface area (Å²) in [5, 5.41) is 7.03.